The number of sulfonamides is 1. The lowest BCUT2D eigenvalue weighted by Gasteiger charge is -2.13. The van der Waals surface area contributed by atoms with Gasteiger partial charge in [-0.1, -0.05) is 12.1 Å². The number of benzene rings is 1. The standard InChI is InChI=1S/C13H17N3O2S/c1-15-12-6-4-3-5-11(12)14-13(15)10-7-8-16(9-10)19(2,17)18/h3-6,10H,7-9H2,1-2H3. The van der Waals surface area contributed by atoms with Crippen molar-refractivity contribution < 1.29 is 8.42 Å². The van der Waals surface area contributed by atoms with Gasteiger partial charge in [0, 0.05) is 26.1 Å². The van der Waals surface area contributed by atoms with E-state index in [0.29, 0.717) is 13.1 Å². The molecule has 0 saturated carbocycles. The lowest BCUT2D eigenvalue weighted by molar-refractivity contribution is 0.475. The molecule has 5 nitrogen and oxygen atoms in total. The highest BCUT2D eigenvalue weighted by atomic mass is 32.2. The molecule has 1 aromatic heterocycles. The largest absolute Gasteiger partial charge is 0.331 e. The minimum Gasteiger partial charge on any atom is -0.331 e. The van der Waals surface area contributed by atoms with Gasteiger partial charge < -0.3 is 4.57 Å². The molecule has 1 saturated heterocycles. The van der Waals surface area contributed by atoms with E-state index in [9.17, 15) is 8.42 Å². The molecule has 0 amide bonds. The van der Waals surface area contributed by atoms with Crippen molar-refractivity contribution in [2.45, 2.75) is 12.3 Å². The molecule has 102 valence electrons. The molecule has 1 aliphatic rings. The van der Waals surface area contributed by atoms with Gasteiger partial charge in [-0.2, -0.15) is 0 Å². The summed E-state index contributed by atoms with van der Waals surface area (Å²) in [5.41, 5.74) is 2.06. The lowest BCUT2D eigenvalue weighted by atomic mass is 10.1. The van der Waals surface area contributed by atoms with Crippen LogP contribution in [0.5, 0.6) is 0 Å². The van der Waals surface area contributed by atoms with Crippen LogP contribution in [-0.4, -0.2) is 41.6 Å². The first-order valence-electron chi connectivity index (χ1n) is 6.33. The van der Waals surface area contributed by atoms with Gasteiger partial charge in [0.1, 0.15) is 5.82 Å². The maximum Gasteiger partial charge on any atom is 0.211 e. The Hall–Kier alpha value is -1.40. The van der Waals surface area contributed by atoms with Crippen LogP contribution in [0.15, 0.2) is 24.3 Å². The van der Waals surface area contributed by atoms with E-state index in [4.69, 9.17) is 0 Å². The van der Waals surface area contributed by atoms with Gasteiger partial charge in [0.05, 0.1) is 17.3 Å². The Bertz CT molecular complexity index is 721. The molecule has 2 aromatic rings. The number of para-hydroxylation sites is 2. The third-order valence-corrected chi connectivity index (χ3v) is 5.08. The van der Waals surface area contributed by atoms with Crippen molar-refractivity contribution in [1.29, 1.82) is 0 Å². The fraction of sp³-hybridized carbons (Fsp3) is 0.462. The molecule has 0 spiro atoms. The predicted molar refractivity (Wildman–Crippen MR) is 74.5 cm³/mol. The maximum atomic E-state index is 11.6. The summed E-state index contributed by atoms with van der Waals surface area (Å²) in [5, 5.41) is 0. The number of imidazole rings is 1. The molecule has 3 rings (SSSR count). The van der Waals surface area contributed by atoms with Crippen LogP contribution < -0.4 is 0 Å². The summed E-state index contributed by atoms with van der Waals surface area (Å²) in [5.74, 6) is 1.17. The van der Waals surface area contributed by atoms with Gasteiger partial charge in [-0.3, -0.25) is 0 Å². The number of hydrogen-bond acceptors (Lipinski definition) is 3. The Morgan fingerprint density at radius 2 is 2.05 bits per heavy atom. The molecule has 0 aliphatic carbocycles. The SMILES string of the molecule is Cn1c(C2CCN(S(C)(=O)=O)C2)nc2ccccc21. The van der Waals surface area contributed by atoms with E-state index in [-0.39, 0.29) is 5.92 Å². The first-order valence-corrected chi connectivity index (χ1v) is 8.18. The van der Waals surface area contributed by atoms with Crippen molar-refractivity contribution >= 4 is 21.1 Å². The summed E-state index contributed by atoms with van der Waals surface area (Å²) in [4.78, 5) is 4.65. The van der Waals surface area contributed by atoms with Gasteiger partial charge >= 0.3 is 0 Å². The number of hydrogen-bond donors (Lipinski definition) is 0. The Kier molecular flexibility index (Phi) is 2.87. The predicted octanol–water partition coefficient (Wildman–Crippen LogP) is 1.32. The van der Waals surface area contributed by atoms with Crippen LogP contribution >= 0.6 is 0 Å². The highest BCUT2D eigenvalue weighted by Gasteiger charge is 2.32. The second kappa shape index (κ2) is 4.31. The molecule has 1 fully saturated rings. The topological polar surface area (TPSA) is 55.2 Å². The number of fused-ring (bicyclic) bond motifs is 1. The van der Waals surface area contributed by atoms with Crippen molar-refractivity contribution in [3.05, 3.63) is 30.1 Å². The average molecular weight is 279 g/mol. The Morgan fingerprint density at radius 1 is 1.32 bits per heavy atom. The zero-order chi connectivity index (χ0) is 13.6. The van der Waals surface area contributed by atoms with E-state index in [1.807, 2.05) is 31.3 Å². The van der Waals surface area contributed by atoms with Gasteiger partial charge in [0.2, 0.25) is 10.0 Å². The van der Waals surface area contributed by atoms with Crippen molar-refractivity contribution in [2.24, 2.45) is 7.05 Å². The van der Waals surface area contributed by atoms with Crippen molar-refractivity contribution in [1.82, 2.24) is 13.9 Å². The molecular weight excluding hydrogens is 262 g/mol. The fourth-order valence-corrected chi connectivity index (χ4v) is 3.66. The molecule has 0 radical (unpaired) electrons. The monoisotopic (exact) mass is 279 g/mol. The number of nitrogens with zero attached hydrogens (tertiary/aromatic N) is 3. The van der Waals surface area contributed by atoms with E-state index in [1.165, 1.54) is 10.6 Å². The van der Waals surface area contributed by atoms with Crippen LogP contribution in [-0.2, 0) is 17.1 Å². The van der Waals surface area contributed by atoms with Crippen LogP contribution in [0, 0.1) is 0 Å². The van der Waals surface area contributed by atoms with Crippen LogP contribution in [0.1, 0.15) is 18.2 Å². The third-order valence-electron chi connectivity index (χ3n) is 3.81. The molecule has 19 heavy (non-hydrogen) atoms. The molecule has 1 aromatic carbocycles. The van der Waals surface area contributed by atoms with Gasteiger partial charge in [0.25, 0.3) is 0 Å². The first-order chi connectivity index (χ1) is 8.97. The first kappa shape index (κ1) is 12.6. The van der Waals surface area contributed by atoms with Crippen LogP contribution in [0.4, 0.5) is 0 Å². The normalized spacial score (nSPS) is 21.3. The lowest BCUT2D eigenvalue weighted by Crippen LogP contribution is -2.27. The van der Waals surface area contributed by atoms with Gasteiger partial charge in [-0.05, 0) is 18.6 Å². The molecule has 1 aliphatic heterocycles. The molecule has 1 atom stereocenters. The summed E-state index contributed by atoms with van der Waals surface area (Å²) in [6.45, 7) is 1.13. The minimum absolute atomic E-state index is 0.187. The minimum atomic E-state index is -3.09. The number of aryl methyl sites for hydroxylation is 1. The highest BCUT2D eigenvalue weighted by Crippen LogP contribution is 2.29. The molecule has 1 unspecified atom stereocenters. The number of aromatic nitrogens is 2. The average Bonchev–Trinajstić information content (AvgIpc) is 2.94. The summed E-state index contributed by atoms with van der Waals surface area (Å²) in [6, 6.07) is 7.99. The summed E-state index contributed by atoms with van der Waals surface area (Å²) < 4.78 is 26.7. The maximum absolute atomic E-state index is 11.6. The van der Waals surface area contributed by atoms with Gasteiger partial charge in [-0.15, -0.1) is 0 Å². The molecule has 6 heteroatoms. The zero-order valence-electron chi connectivity index (χ0n) is 11.1. The van der Waals surface area contributed by atoms with Gasteiger partial charge in [0.15, 0.2) is 0 Å². The second-order valence-electron chi connectivity index (χ2n) is 5.12. The van der Waals surface area contributed by atoms with Crippen molar-refractivity contribution in [3.8, 4) is 0 Å². The molecule has 0 bridgehead atoms. The summed E-state index contributed by atoms with van der Waals surface area (Å²) >= 11 is 0. The Balaban J connectivity index is 1.96. The summed E-state index contributed by atoms with van der Waals surface area (Å²) in [7, 11) is -1.10. The zero-order valence-corrected chi connectivity index (χ0v) is 11.9. The quantitative estimate of drug-likeness (QED) is 0.833. The summed E-state index contributed by atoms with van der Waals surface area (Å²) in [6.07, 6.45) is 2.11. The van der Waals surface area contributed by atoms with Crippen LogP contribution in [0.25, 0.3) is 11.0 Å². The fourth-order valence-electron chi connectivity index (χ4n) is 2.77. The van der Waals surface area contributed by atoms with E-state index in [1.54, 1.807) is 0 Å². The highest BCUT2D eigenvalue weighted by molar-refractivity contribution is 7.88. The molecule has 2 heterocycles. The van der Waals surface area contributed by atoms with Crippen LogP contribution in [0.2, 0.25) is 0 Å². The second-order valence-corrected chi connectivity index (χ2v) is 7.11. The van der Waals surface area contributed by atoms with Crippen LogP contribution in [0.3, 0.4) is 0 Å². The van der Waals surface area contributed by atoms with E-state index in [0.717, 1.165) is 23.3 Å². The van der Waals surface area contributed by atoms with Gasteiger partial charge in [-0.25, -0.2) is 17.7 Å². The number of rotatable bonds is 2. The molecule has 0 N–H and O–H groups in total. The van der Waals surface area contributed by atoms with E-state index < -0.39 is 10.0 Å². The smallest absolute Gasteiger partial charge is 0.211 e. The van der Waals surface area contributed by atoms with Crippen molar-refractivity contribution in [3.63, 3.8) is 0 Å². The Labute approximate surface area is 112 Å². The van der Waals surface area contributed by atoms with E-state index in [2.05, 4.69) is 9.55 Å². The third kappa shape index (κ3) is 2.15. The Morgan fingerprint density at radius 3 is 2.68 bits per heavy atom. The van der Waals surface area contributed by atoms with E-state index >= 15 is 0 Å². The van der Waals surface area contributed by atoms with Crippen molar-refractivity contribution in [2.75, 3.05) is 19.3 Å². The molecular formula is C13H17N3O2S.